The molecule has 0 unspecified atom stereocenters. The molecule has 2 N–H and O–H groups in total. The molecule has 0 aromatic carbocycles. The number of nitrogens with one attached hydrogen (secondary N) is 2. The normalized spacial score (nSPS) is 27.8. The molecule has 8 nitrogen and oxygen atoms in total. The van der Waals surface area contributed by atoms with Gasteiger partial charge in [0.1, 0.15) is 12.1 Å². The van der Waals surface area contributed by atoms with E-state index in [0.717, 1.165) is 37.3 Å². The zero-order valence-corrected chi connectivity index (χ0v) is 16.6. The van der Waals surface area contributed by atoms with Crippen molar-refractivity contribution in [2.45, 2.75) is 51.6 Å². The number of carbonyl (C=O) groups is 3. The van der Waals surface area contributed by atoms with Gasteiger partial charge >= 0.3 is 6.03 Å². The van der Waals surface area contributed by atoms with E-state index < -0.39 is 11.6 Å². The fourth-order valence-electron chi connectivity index (χ4n) is 4.08. The summed E-state index contributed by atoms with van der Waals surface area (Å²) in [7, 11) is 0. The smallest absolute Gasteiger partial charge is 0.325 e. The molecular formula is C19H32N4O4. The number of rotatable bonds is 8. The Morgan fingerprint density at radius 1 is 1.30 bits per heavy atom. The third-order valence-electron chi connectivity index (χ3n) is 5.84. The number of carbonyl (C=O) groups excluding carboxylic acids is 3. The lowest BCUT2D eigenvalue weighted by Gasteiger charge is -2.35. The van der Waals surface area contributed by atoms with E-state index in [2.05, 4.69) is 29.4 Å². The molecule has 2 saturated heterocycles. The minimum atomic E-state index is -0.842. The number of ether oxygens (including phenoxy) is 1. The molecule has 152 valence electrons. The van der Waals surface area contributed by atoms with Gasteiger partial charge in [-0.1, -0.05) is 13.8 Å². The first-order chi connectivity index (χ1) is 12.8. The molecule has 0 radical (unpaired) electrons. The minimum Gasteiger partial charge on any atom is -0.379 e. The highest BCUT2D eigenvalue weighted by atomic mass is 16.5. The topological polar surface area (TPSA) is 91.0 Å². The maximum Gasteiger partial charge on any atom is 0.325 e. The van der Waals surface area contributed by atoms with Crippen molar-refractivity contribution in [1.82, 2.24) is 20.4 Å². The van der Waals surface area contributed by atoms with Crippen LogP contribution in [0, 0.1) is 11.8 Å². The van der Waals surface area contributed by atoms with Crippen LogP contribution < -0.4 is 10.6 Å². The highest BCUT2D eigenvalue weighted by Crippen LogP contribution is 2.42. The standard InChI is InChI=1S/C19H32N4O4/c1-13(2)10-15(22-6-8-27-9-7-22)11-20-16(24)12-23-17(25)19(3,14-4-5-14)21-18(23)26/h13-15H,4-12H2,1-3H3,(H,20,24)(H,21,26)/t15-,19+/m0/s1. The van der Waals surface area contributed by atoms with E-state index in [4.69, 9.17) is 4.74 Å². The zero-order valence-electron chi connectivity index (χ0n) is 16.6. The fraction of sp³-hybridized carbons (Fsp3) is 0.842. The molecule has 0 aromatic heterocycles. The molecular weight excluding hydrogens is 348 g/mol. The van der Waals surface area contributed by atoms with Gasteiger partial charge < -0.3 is 15.4 Å². The predicted octanol–water partition coefficient (Wildman–Crippen LogP) is 0.570. The molecule has 0 bridgehead atoms. The molecule has 0 aromatic rings. The second-order valence-corrected chi connectivity index (χ2v) is 8.53. The number of hydrogen-bond acceptors (Lipinski definition) is 5. The third-order valence-corrected chi connectivity index (χ3v) is 5.84. The Balaban J connectivity index is 1.53. The van der Waals surface area contributed by atoms with Gasteiger partial charge in [0.25, 0.3) is 5.91 Å². The summed E-state index contributed by atoms with van der Waals surface area (Å²) in [6, 6.07) is -0.228. The van der Waals surface area contributed by atoms with Crippen LogP contribution in [0.15, 0.2) is 0 Å². The van der Waals surface area contributed by atoms with E-state index in [1.165, 1.54) is 0 Å². The molecule has 2 heterocycles. The van der Waals surface area contributed by atoms with Crippen LogP contribution in [0.4, 0.5) is 4.79 Å². The molecule has 2 aliphatic heterocycles. The largest absolute Gasteiger partial charge is 0.379 e. The molecule has 4 amide bonds. The zero-order chi connectivity index (χ0) is 19.6. The van der Waals surface area contributed by atoms with Crippen molar-refractivity contribution in [3.8, 4) is 0 Å². The second kappa shape index (κ2) is 8.14. The molecule has 8 heteroatoms. The summed E-state index contributed by atoms with van der Waals surface area (Å²) in [5.74, 6) is 0.135. The minimum absolute atomic E-state index is 0.193. The average molecular weight is 380 g/mol. The van der Waals surface area contributed by atoms with E-state index in [9.17, 15) is 14.4 Å². The Labute approximate surface area is 161 Å². The monoisotopic (exact) mass is 380 g/mol. The highest BCUT2D eigenvalue weighted by Gasteiger charge is 2.56. The van der Waals surface area contributed by atoms with Crippen LogP contribution in [0.2, 0.25) is 0 Å². The molecule has 27 heavy (non-hydrogen) atoms. The summed E-state index contributed by atoms with van der Waals surface area (Å²) in [6.45, 7) is 9.54. The first-order valence-electron chi connectivity index (χ1n) is 10.0. The second-order valence-electron chi connectivity index (χ2n) is 8.53. The number of hydrogen-bond donors (Lipinski definition) is 2. The van der Waals surface area contributed by atoms with Crippen LogP contribution in [0.1, 0.15) is 40.0 Å². The number of urea groups is 1. The van der Waals surface area contributed by atoms with Crippen LogP contribution in [-0.4, -0.2) is 78.6 Å². The third kappa shape index (κ3) is 4.60. The van der Waals surface area contributed by atoms with Gasteiger partial charge in [-0.3, -0.25) is 19.4 Å². The van der Waals surface area contributed by atoms with E-state index in [0.29, 0.717) is 25.7 Å². The molecule has 1 aliphatic carbocycles. The highest BCUT2D eigenvalue weighted by molar-refractivity contribution is 6.09. The Hall–Kier alpha value is -1.67. The quantitative estimate of drug-likeness (QED) is 0.601. The average Bonchev–Trinajstić information content (AvgIpc) is 3.45. The Kier molecular flexibility index (Phi) is 6.05. The van der Waals surface area contributed by atoms with Crippen molar-refractivity contribution in [2.75, 3.05) is 39.4 Å². The summed E-state index contributed by atoms with van der Waals surface area (Å²) in [5.41, 5.74) is -0.842. The van der Waals surface area contributed by atoms with Crippen molar-refractivity contribution >= 4 is 17.8 Å². The first kappa shape index (κ1) is 20.1. The predicted molar refractivity (Wildman–Crippen MR) is 100 cm³/mol. The van der Waals surface area contributed by atoms with Gasteiger partial charge in [0.05, 0.1) is 13.2 Å². The number of imide groups is 1. The lowest BCUT2D eigenvalue weighted by Crippen LogP contribution is -2.51. The van der Waals surface area contributed by atoms with E-state index >= 15 is 0 Å². The fourth-order valence-corrected chi connectivity index (χ4v) is 4.08. The van der Waals surface area contributed by atoms with Crippen molar-refractivity contribution in [1.29, 1.82) is 0 Å². The van der Waals surface area contributed by atoms with Crippen LogP contribution in [0.3, 0.4) is 0 Å². The van der Waals surface area contributed by atoms with Gasteiger partial charge in [-0.25, -0.2) is 4.79 Å². The van der Waals surface area contributed by atoms with E-state index in [1.807, 2.05) is 0 Å². The van der Waals surface area contributed by atoms with Crippen LogP contribution in [0.5, 0.6) is 0 Å². The molecule has 2 atom stereocenters. The van der Waals surface area contributed by atoms with Crippen LogP contribution in [0.25, 0.3) is 0 Å². The van der Waals surface area contributed by atoms with Gasteiger partial charge in [-0.15, -0.1) is 0 Å². The number of nitrogens with zero attached hydrogens (tertiary/aromatic N) is 2. The lowest BCUT2D eigenvalue weighted by molar-refractivity contribution is -0.135. The molecule has 3 aliphatic rings. The van der Waals surface area contributed by atoms with Gasteiger partial charge in [0.2, 0.25) is 5.91 Å². The van der Waals surface area contributed by atoms with Crippen molar-refractivity contribution in [2.24, 2.45) is 11.8 Å². The van der Waals surface area contributed by atoms with E-state index in [1.54, 1.807) is 6.92 Å². The van der Waals surface area contributed by atoms with Crippen LogP contribution >= 0.6 is 0 Å². The molecule has 0 spiro atoms. The first-order valence-corrected chi connectivity index (χ1v) is 10.0. The Morgan fingerprint density at radius 2 is 1.96 bits per heavy atom. The Bertz CT molecular complexity index is 586. The molecule has 3 fully saturated rings. The van der Waals surface area contributed by atoms with Gasteiger partial charge in [0, 0.05) is 25.7 Å². The SMILES string of the molecule is CC(C)C[C@@H](CNC(=O)CN1C(=O)N[C@](C)(C2CC2)C1=O)N1CCOCC1. The maximum atomic E-state index is 12.6. The van der Waals surface area contributed by atoms with Crippen LogP contribution in [-0.2, 0) is 14.3 Å². The van der Waals surface area contributed by atoms with Gasteiger partial charge in [-0.05, 0) is 38.0 Å². The summed E-state index contributed by atoms with van der Waals surface area (Å²) in [5, 5.41) is 5.71. The van der Waals surface area contributed by atoms with Gasteiger partial charge in [-0.2, -0.15) is 0 Å². The maximum absolute atomic E-state index is 12.6. The summed E-state index contributed by atoms with van der Waals surface area (Å²) in [4.78, 5) is 40.7. The summed E-state index contributed by atoms with van der Waals surface area (Å²) >= 11 is 0. The number of morpholine rings is 1. The summed E-state index contributed by atoms with van der Waals surface area (Å²) < 4.78 is 5.42. The van der Waals surface area contributed by atoms with Gasteiger partial charge in [0.15, 0.2) is 0 Å². The lowest BCUT2D eigenvalue weighted by atomic mass is 9.96. The van der Waals surface area contributed by atoms with E-state index in [-0.39, 0.29) is 30.3 Å². The van der Waals surface area contributed by atoms with Crippen molar-refractivity contribution in [3.05, 3.63) is 0 Å². The summed E-state index contributed by atoms with van der Waals surface area (Å²) in [6.07, 6.45) is 2.86. The van der Waals surface area contributed by atoms with Crippen molar-refractivity contribution < 1.29 is 19.1 Å². The number of amides is 4. The molecule has 1 saturated carbocycles. The Morgan fingerprint density at radius 3 is 2.56 bits per heavy atom. The van der Waals surface area contributed by atoms with Crippen molar-refractivity contribution in [3.63, 3.8) is 0 Å². The molecule has 3 rings (SSSR count).